The van der Waals surface area contributed by atoms with Crippen LogP contribution >= 0.6 is 0 Å². The lowest BCUT2D eigenvalue weighted by atomic mass is 10.1. The molecule has 0 saturated carbocycles. The summed E-state index contributed by atoms with van der Waals surface area (Å²) in [6.07, 6.45) is 9.69. The van der Waals surface area contributed by atoms with Crippen LogP contribution in [0.15, 0.2) is 91.7 Å². The predicted molar refractivity (Wildman–Crippen MR) is 178 cm³/mol. The zero-order valence-electron chi connectivity index (χ0n) is 26.6. The first-order chi connectivity index (χ1) is 23.4. The van der Waals surface area contributed by atoms with E-state index < -0.39 is 6.09 Å². The average molecular weight is 645 g/mol. The van der Waals surface area contributed by atoms with Crippen LogP contribution in [0.3, 0.4) is 0 Å². The minimum absolute atomic E-state index is 0.158. The van der Waals surface area contributed by atoms with Crippen LogP contribution in [0, 0.1) is 0 Å². The summed E-state index contributed by atoms with van der Waals surface area (Å²) in [5, 5.41) is 0. The molecule has 7 rings (SSSR count). The largest absolute Gasteiger partial charge is 0.445 e. The number of benzene rings is 2. The van der Waals surface area contributed by atoms with Gasteiger partial charge in [0.15, 0.2) is 5.82 Å². The summed E-state index contributed by atoms with van der Waals surface area (Å²) in [6.45, 7) is 6.80. The van der Waals surface area contributed by atoms with Gasteiger partial charge in [0.2, 0.25) is 0 Å². The zero-order chi connectivity index (χ0) is 33.0. The van der Waals surface area contributed by atoms with Gasteiger partial charge in [-0.15, -0.1) is 0 Å². The molecule has 5 aromatic rings. The molecule has 2 N–H and O–H groups in total. The second kappa shape index (κ2) is 13.5. The molecule has 2 fully saturated rings. The standard InChI is InChI=1S/C36H36N8O4/c1-23(2)48-36(46)44-17-7-11-31(44)34-40-21-29(42-34)27-18-37-32(38-19-27)26-14-12-25(13-15-26)28-20-39-33(41-28)30-10-6-16-43(30)35(45)47-22-24-8-4-3-5-9-24/h3-5,8-9,12-15,18-21,30-31H,1,6-7,10-11,16-17,22H2,2H3,(H,39,41)(H,40,42)/t30-,31-/m0/s1. The van der Waals surface area contributed by atoms with E-state index in [1.807, 2.05) is 54.6 Å². The van der Waals surface area contributed by atoms with E-state index in [9.17, 15) is 9.59 Å². The summed E-state index contributed by atoms with van der Waals surface area (Å²) in [5.41, 5.74) is 5.21. The van der Waals surface area contributed by atoms with Crippen molar-refractivity contribution in [2.75, 3.05) is 13.1 Å². The van der Waals surface area contributed by atoms with E-state index >= 15 is 0 Å². The molecule has 2 aromatic carbocycles. The van der Waals surface area contributed by atoms with Crippen LogP contribution < -0.4 is 0 Å². The maximum absolute atomic E-state index is 12.9. The van der Waals surface area contributed by atoms with Gasteiger partial charge < -0.3 is 19.4 Å². The van der Waals surface area contributed by atoms with Gasteiger partial charge in [0.1, 0.15) is 18.3 Å². The number of likely N-dealkylation sites (tertiary alicyclic amines) is 2. The van der Waals surface area contributed by atoms with Gasteiger partial charge >= 0.3 is 12.2 Å². The van der Waals surface area contributed by atoms with Gasteiger partial charge in [-0.3, -0.25) is 9.80 Å². The number of amides is 2. The summed E-state index contributed by atoms with van der Waals surface area (Å²) >= 11 is 0. The van der Waals surface area contributed by atoms with Crippen LogP contribution in [-0.4, -0.2) is 65.0 Å². The maximum Gasteiger partial charge on any atom is 0.415 e. The highest BCUT2D eigenvalue weighted by atomic mass is 16.6. The average Bonchev–Trinajstić information content (AvgIpc) is 3.94. The van der Waals surface area contributed by atoms with Gasteiger partial charge in [0.25, 0.3) is 0 Å². The molecule has 0 bridgehead atoms. The number of nitrogens with zero attached hydrogens (tertiary/aromatic N) is 6. The fraction of sp³-hybridized carbons (Fsp3) is 0.278. The molecule has 5 heterocycles. The lowest BCUT2D eigenvalue weighted by Gasteiger charge is -2.22. The molecule has 3 aromatic heterocycles. The first kappa shape index (κ1) is 30.9. The molecule has 0 radical (unpaired) electrons. The molecule has 0 unspecified atom stereocenters. The first-order valence-corrected chi connectivity index (χ1v) is 16.1. The lowest BCUT2D eigenvalue weighted by Crippen LogP contribution is -2.31. The highest BCUT2D eigenvalue weighted by Gasteiger charge is 2.34. The number of hydrogen-bond acceptors (Lipinski definition) is 8. The molecule has 2 atom stereocenters. The van der Waals surface area contributed by atoms with Crippen LogP contribution in [0.25, 0.3) is 33.9 Å². The zero-order valence-corrected chi connectivity index (χ0v) is 26.6. The Labute approximate surface area is 277 Å². The van der Waals surface area contributed by atoms with E-state index in [-0.39, 0.29) is 24.8 Å². The van der Waals surface area contributed by atoms with Gasteiger partial charge in [-0.25, -0.2) is 29.5 Å². The summed E-state index contributed by atoms with van der Waals surface area (Å²) in [7, 11) is 0. The van der Waals surface area contributed by atoms with Gasteiger partial charge in [0.05, 0.1) is 41.6 Å². The second-order valence-electron chi connectivity index (χ2n) is 12.0. The fourth-order valence-electron chi connectivity index (χ4n) is 6.27. The van der Waals surface area contributed by atoms with Gasteiger partial charge in [-0.1, -0.05) is 61.2 Å². The quantitative estimate of drug-likeness (QED) is 0.169. The highest BCUT2D eigenvalue weighted by Crippen LogP contribution is 2.34. The SMILES string of the molecule is C=C(C)OC(=O)N1CCC[C@H]1c1ncc(-c2cnc(-c3ccc(-c4cnc([C@@H]5CCCN5C(=O)OCc5ccccc5)[nH]4)cc3)nc2)[nH]1. The second-order valence-corrected chi connectivity index (χ2v) is 12.0. The predicted octanol–water partition coefficient (Wildman–Crippen LogP) is 7.20. The van der Waals surface area contributed by atoms with Gasteiger partial charge in [0, 0.05) is 36.6 Å². The van der Waals surface area contributed by atoms with E-state index in [2.05, 4.69) is 36.5 Å². The van der Waals surface area contributed by atoms with E-state index in [0.29, 0.717) is 30.5 Å². The van der Waals surface area contributed by atoms with Crippen molar-refractivity contribution in [2.24, 2.45) is 0 Å². The Kier molecular flexibility index (Phi) is 8.69. The number of carbonyl (C=O) groups is 2. The lowest BCUT2D eigenvalue weighted by molar-refractivity contribution is 0.0909. The maximum atomic E-state index is 12.9. The first-order valence-electron chi connectivity index (χ1n) is 16.1. The van der Waals surface area contributed by atoms with Gasteiger partial charge in [-0.05, 0) is 43.7 Å². The molecule has 2 aliphatic rings. The smallest absolute Gasteiger partial charge is 0.415 e. The monoisotopic (exact) mass is 644 g/mol. The van der Waals surface area contributed by atoms with Crippen molar-refractivity contribution in [3.63, 3.8) is 0 Å². The number of rotatable bonds is 8. The fourth-order valence-corrected chi connectivity index (χ4v) is 6.27. The molecule has 0 spiro atoms. The van der Waals surface area contributed by atoms with Crippen LogP contribution in [0.2, 0.25) is 0 Å². The molecular formula is C36H36N8O4. The van der Waals surface area contributed by atoms with Crippen LogP contribution in [0.1, 0.15) is 61.9 Å². The van der Waals surface area contributed by atoms with Crippen LogP contribution in [-0.2, 0) is 16.1 Å². The van der Waals surface area contributed by atoms with Crippen molar-refractivity contribution in [1.82, 2.24) is 39.7 Å². The molecule has 0 aliphatic carbocycles. The molecule has 244 valence electrons. The Morgan fingerprint density at radius 3 is 1.92 bits per heavy atom. The summed E-state index contributed by atoms with van der Waals surface area (Å²) < 4.78 is 10.8. The van der Waals surface area contributed by atoms with Crippen molar-refractivity contribution in [3.05, 3.63) is 109 Å². The molecular weight excluding hydrogens is 608 g/mol. The third-order valence-electron chi connectivity index (χ3n) is 8.68. The Morgan fingerprint density at radius 1 is 0.750 bits per heavy atom. The normalized spacial score (nSPS) is 17.4. The molecule has 12 nitrogen and oxygen atoms in total. The number of aromatic nitrogens is 6. The third kappa shape index (κ3) is 6.55. The van der Waals surface area contributed by atoms with Crippen molar-refractivity contribution < 1.29 is 19.1 Å². The number of allylic oxidation sites excluding steroid dienone is 1. The number of H-pyrrole nitrogens is 2. The Balaban J connectivity index is 0.986. The third-order valence-corrected chi connectivity index (χ3v) is 8.68. The van der Waals surface area contributed by atoms with Gasteiger partial charge in [-0.2, -0.15) is 0 Å². The summed E-state index contributed by atoms with van der Waals surface area (Å²) in [4.78, 5) is 54.0. The number of imidazole rings is 2. The Morgan fingerprint density at radius 2 is 1.31 bits per heavy atom. The Hall–Kier alpha value is -5.78. The van der Waals surface area contributed by atoms with E-state index in [0.717, 1.165) is 65.1 Å². The molecule has 2 aliphatic heterocycles. The van der Waals surface area contributed by atoms with Crippen molar-refractivity contribution in [1.29, 1.82) is 0 Å². The minimum Gasteiger partial charge on any atom is -0.445 e. The van der Waals surface area contributed by atoms with E-state index in [1.54, 1.807) is 41.5 Å². The van der Waals surface area contributed by atoms with Crippen LogP contribution in [0.4, 0.5) is 9.59 Å². The van der Waals surface area contributed by atoms with E-state index in [1.165, 1.54) is 0 Å². The number of ether oxygens (including phenoxy) is 2. The highest BCUT2D eigenvalue weighted by molar-refractivity contribution is 5.70. The number of nitrogens with one attached hydrogen (secondary N) is 2. The van der Waals surface area contributed by atoms with E-state index in [4.69, 9.17) is 9.47 Å². The number of hydrogen-bond donors (Lipinski definition) is 2. The topological polar surface area (TPSA) is 142 Å². The minimum atomic E-state index is -0.410. The van der Waals surface area contributed by atoms with Crippen LogP contribution in [0.5, 0.6) is 0 Å². The molecule has 12 heteroatoms. The van der Waals surface area contributed by atoms with Crippen molar-refractivity contribution in [3.8, 4) is 33.9 Å². The molecule has 2 amide bonds. The Bertz CT molecular complexity index is 1900. The molecule has 48 heavy (non-hydrogen) atoms. The molecule has 2 saturated heterocycles. The number of aromatic amines is 2. The van der Waals surface area contributed by atoms with Crippen molar-refractivity contribution >= 4 is 12.2 Å². The number of carbonyl (C=O) groups excluding carboxylic acids is 2. The summed E-state index contributed by atoms with van der Waals surface area (Å²) in [5.74, 6) is 2.40. The summed E-state index contributed by atoms with van der Waals surface area (Å²) in [6, 6.07) is 17.3. The van der Waals surface area contributed by atoms with Crippen molar-refractivity contribution in [2.45, 2.75) is 51.3 Å².